The van der Waals surface area contributed by atoms with Gasteiger partial charge in [-0.05, 0) is 24.3 Å². The van der Waals surface area contributed by atoms with E-state index in [2.05, 4.69) is 5.32 Å². The molecule has 0 bridgehead atoms. The van der Waals surface area contributed by atoms with Gasteiger partial charge in [0.1, 0.15) is 0 Å². The minimum Gasteiger partial charge on any atom is -0.427 e. The zero-order valence-corrected chi connectivity index (χ0v) is 14.0. The van der Waals surface area contributed by atoms with Crippen LogP contribution in [0.25, 0.3) is 0 Å². The van der Waals surface area contributed by atoms with Crippen molar-refractivity contribution in [2.45, 2.75) is 11.9 Å². The fourth-order valence-corrected chi connectivity index (χ4v) is 3.25. The number of fused-ring (bicyclic) bond motifs is 1. The number of anilines is 1. The zero-order valence-electron chi connectivity index (χ0n) is 14.0. The van der Waals surface area contributed by atoms with Gasteiger partial charge in [0.05, 0.1) is 11.1 Å². The molecule has 4 rings (SSSR count). The van der Waals surface area contributed by atoms with Crippen molar-refractivity contribution in [1.82, 2.24) is 0 Å². The van der Waals surface area contributed by atoms with E-state index in [4.69, 9.17) is 4.74 Å². The number of cyclic esters (lactones) is 1. The molecule has 1 aliphatic rings. The third-order valence-corrected chi connectivity index (χ3v) is 4.46. The van der Waals surface area contributed by atoms with Crippen LogP contribution in [-0.4, -0.2) is 5.97 Å². The van der Waals surface area contributed by atoms with Crippen LogP contribution in [0.3, 0.4) is 0 Å². The van der Waals surface area contributed by atoms with Gasteiger partial charge in [0.25, 0.3) is 0 Å². The van der Waals surface area contributed by atoms with Crippen LogP contribution >= 0.6 is 0 Å². The highest BCUT2D eigenvalue weighted by atomic mass is 19.4. The zero-order chi connectivity index (χ0) is 19.1. The minimum absolute atomic E-state index is 0.193. The Bertz CT molecular complexity index is 1000. The molecule has 1 heterocycles. The first kappa shape index (κ1) is 17.1. The monoisotopic (exact) mass is 369 g/mol. The van der Waals surface area contributed by atoms with Crippen molar-refractivity contribution in [3.8, 4) is 0 Å². The fraction of sp³-hybridized carbons (Fsp3) is 0.0952. The standard InChI is InChI=1S/C21H14F3NO2/c22-21(23,24)15-9-6-10-16(13-15)25-20(14-7-2-1-3-8-14)18-12-5-4-11-17(18)19(26)27-20/h1-13,25H. The lowest BCUT2D eigenvalue weighted by Gasteiger charge is -2.31. The number of carbonyl (C=O) groups excluding carboxylic acids is 1. The Morgan fingerprint density at radius 3 is 2.30 bits per heavy atom. The van der Waals surface area contributed by atoms with Crippen LogP contribution in [-0.2, 0) is 16.6 Å². The first-order valence-corrected chi connectivity index (χ1v) is 8.24. The minimum atomic E-state index is -4.47. The average Bonchev–Trinajstić information content (AvgIpc) is 2.95. The normalized spacial score (nSPS) is 18.7. The Kier molecular flexibility index (Phi) is 3.91. The lowest BCUT2D eigenvalue weighted by molar-refractivity contribution is -0.137. The van der Waals surface area contributed by atoms with Crippen molar-refractivity contribution in [2.75, 3.05) is 5.32 Å². The summed E-state index contributed by atoms with van der Waals surface area (Å²) in [6.45, 7) is 0. The molecular weight excluding hydrogens is 355 g/mol. The average molecular weight is 369 g/mol. The molecule has 1 aliphatic heterocycles. The van der Waals surface area contributed by atoms with Gasteiger partial charge >= 0.3 is 12.1 Å². The SMILES string of the molecule is O=C1OC(Nc2cccc(C(F)(F)F)c2)(c2ccccc2)c2ccccc21. The van der Waals surface area contributed by atoms with Crippen molar-refractivity contribution in [3.05, 3.63) is 101 Å². The third kappa shape index (κ3) is 2.93. The maximum absolute atomic E-state index is 13.1. The van der Waals surface area contributed by atoms with Crippen LogP contribution < -0.4 is 5.32 Å². The molecule has 0 spiro atoms. The number of benzene rings is 3. The summed E-state index contributed by atoms with van der Waals surface area (Å²) in [5, 5.41) is 3.03. The van der Waals surface area contributed by atoms with E-state index in [9.17, 15) is 18.0 Å². The van der Waals surface area contributed by atoms with Gasteiger partial charge in [-0.3, -0.25) is 0 Å². The quantitative estimate of drug-likeness (QED) is 0.646. The Hall–Kier alpha value is -3.28. The first-order valence-electron chi connectivity index (χ1n) is 8.24. The number of alkyl halides is 3. The highest BCUT2D eigenvalue weighted by Gasteiger charge is 2.47. The second-order valence-corrected chi connectivity index (χ2v) is 6.19. The maximum Gasteiger partial charge on any atom is 0.416 e. The molecule has 0 aromatic heterocycles. The number of hydrogen-bond donors (Lipinski definition) is 1. The first-order chi connectivity index (χ1) is 12.9. The molecular formula is C21H14F3NO2. The van der Waals surface area contributed by atoms with Gasteiger partial charge in [0.2, 0.25) is 5.72 Å². The topological polar surface area (TPSA) is 38.3 Å². The van der Waals surface area contributed by atoms with Crippen molar-refractivity contribution >= 4 is 11.7 Å². The van der Waals surface area contributed by atoms with E-state index < -0.39 is 23.4 Å². The number of nitrogens with one attached hydrogen (secondary N) is 1. The van der Waals surface area contributed by atoms with Crippen LogP contribution in [0.4, 0.5) is 18.9 Å². The van der Waals surface area contributed by atoms with Crippen LogP contribution in [0.1, 0.15) is 27.0 Å². The summed E-state index contributed by atoms with van der Waals surface area (Å²) in [6.07, 6.45) is -4.47. The highest BCUT2D eigenvalue weighted by Crippen LogP contribution is 2.43. The largest absolute Gasteiger partial charge is 0.427 e. The Morgan fingerprint density at radius 1 is 0.852 bits per heavy atom. The summed E-state index contributed by atoms with van der Waals surface area (Å²) >= 11 is 0. The molecule has 1 atom stereocenters. The van der Waals surface area contributed by atoms with E-state index in [1.807, 2.05) is 6.07 Å². The van der Waals surface area contributed by atoms with Crippen LogP contribution in [0, 0.1) is 0 Å². The van der Waals surface area contributed by atoms with Crippen LogP contribution in [0.5, 0.6) is 0 Å². The molecule has 6 heteroatoms. The number of carbonyl (C=O) groups is 1. The van der Waals surface area contributed by atoms with Gasteiger partial charge in [-0.2, -0.15) is 13.2 Å². The van der Waals surface area contributed by atoms with E-state index in [-0.39, 0.29) is 5.69 Å². The molecule has 3 aromatic rings. The number of rotatable bonds is 3. The predicted molar refractivity (Wildman–Crippen MR) is 94.1 cm³/mol. The smallest absolute Gasteiger partial charge is 0.416 e. The third-order valence-electron chi connectivity index (χ3n) is 4.46. The molecule has 3 nitrogen and oxygen atoms in total. The van der Waals surface area contributed by atoms with E-state index >= 15 is 0 Å². The van der Waals surface area contributed by atoms with Gasteiger partial charge in [0.15, 0.2) is 0 Å². The van der Waals surface area contributed by atoms with Crippen molar-refractivity contribution < 1.29 is 22.7 Å². The number of hydrogen-bond acceptors (Lipinski definition) is 3. The molecule has 0 amide bonds. The Morgan fingerprint density at radius 2 is 1.56 bits per heavy atom. The summed E-state index contributed by atoms with van der Waals surface area (Å²) in [4.78, 5) is 12.4. The molecule has 3 aromatic carbocycles. The van der Waals surface area contributed by atoms with Crippen molar-refractivity contribution in [3.63, 3.8) is 0 Å². The molecule has 27 heavy (non-hydrogen) atoms. The highest BCUT2D eigenvalue weighted by molar-refractivity contribution is 5.96. The Balaban J connectivity index is 1.86. The predicted octanol–water partition coefficient (Wildman–Crippen LogP) is 5.19. The lowest BCUT2D eigenvalue weighted by Crippen LogP contribution is -2.37. The van der Waals surface area contributed by atoms with Crippen molar-refractivity contribution in [1.29, 1.82) is 0 Å². The van der Waals surface area contributed by atoms with Gasteiger partial charge in [-0.25, -0.2) is 4.79 Å². The van der Waals surface area contributed by atoms with E-state index in [1.165, 1.54) is 12.1 Å². The molecule has 0 saturated carbocycles. The number of ether oxygens (including phenoxy) is 1. The molecule has 1 N–H and O–H groups in total. The summed E-state index contributed by atoms with van der Waals surface area (Å²) in [5.41, 5.74) is -0.453. The van der Waals surface area contributed by atoms with Gasteiger partial charge in [0, 0.05) is 16.8 Å². The molecule has 0 radical (unpaired) electrons. The second-order valence-electron chi connectivity index (χ2n) is 6.19. The maximum atomic E-state index is 13.1. The van der Waals surface area contributed by atoms with Crippen LogP contribution in [0.15, 0.2) is 78.9 Å². The van der Waals surface area contributed by atoms with Gasteiger partial charge < -0.3 is 10.1 Å². The Labute approximate surface area is 153 Å². The van der Waals surface area contributed by atoms with E-state index in [0.717, 1.165) is 12.1 Å². The summed E-state index contributed by atoms with van der Waals surface area (Å²) < 4.78 is 45.0. The van der Waals surface area contributed by atoms with Crippen LogP contribution in [0.2, 0.25) is 0 Å². The van der Waals surface area contributed by atoms with Gasteiger partial charge in [-0.1, -0.05) is 54.6 Å². The second kappa shape index (κ2) is 6.16. The lowest BCUT2D eigenvalue weighted by atomic mass is 9.92. The van der Waals surface area contributed by atoms with Gasteiger partial charge in [-0.15, -0.1) is 0 Å². The molecule has 136 valence electrons. The summed E-state index contributed by atoms with van der Waals surface area (Å²) in [7, 11) is 0. The number of halogens is 3. The summed E-state index contributed by atoms with van der Waals surface area (Å²) in [6, 6.07) is 20.5. The molecule has 0 fully saturated rings. The molecule has 0 saturated heterocycles. The number of esters is 1. The van der Waals surface area contributed by atoms with Crippen molar-refractivity contribution in [2.24, 2.45) is 0 Å². The molecule has 1 unspecified atom stereocenters. The van der Waals surface area contributed by atoms with E-state index in [1.54, 1.807) is 48.5 Å². The molecule has 0 aliphatic carbocycles. The summed E-state index contributed by atoms with van der Waals surface area (Å²) in [5.74, 6) is -0.533. The fourth-order valence-electron chi connectivity index (χ4n) is 3.25. The van der Waals surface area contributed by atoms with E-state index in [0.29, 0.717) is 16.7 Å².